The fourth-order valence-corrected chi connectivity index (χ4v) is 3.84. The molecule has 3 heteroatoms. The molecule has 2 heterocycles. The zero-order valence-corrected chi connectivity index (χ0v) is 12.9. The normalized spacial score (nSPS) is 22.5. The van der Waals surface area contributed by atoms with Crippen molar-refractivity contribution in [3.63, 3.8) is 0 Å². The van der Waals surface area contributed by atoms with Crippen molar-refractivity contribution >= 4 is 11.4 Å². The van der Waals surface area contributed by atoms with Gasteiger partial charge in [-0.2, -0.15) is 0 Å². The van der Waals surface area contributed by atoms with E-state index in [9.17, 15) is 0 Å². The molecule has 1 atom stereocenters. The first kappa shape index (κ1) is 13.5. The third-order valence-electron chi connectivity index (χ3n) is 5.02. The molecule has 0 spiro atoms. The number of anilines is 2. The van der Waals surface area contributed by atoms with Crippen LogP contribution in [0.5, 0.6) is 0 Å². The Morgan fingerprint density at radius 2 is 2.27 bits per heavy atom. The van der Waals surface area contributed by atoms with Crippen molar-refractivity contribution in [2.45, 2.75) is 25.7 Å². The van der Waals surface area contributed by atoms with Crippen LogP contribution in [0, 0.1) is 5.92 Å². The summed E-state index contributed by atoms with van der Waals surface area (Å²) in [5.74, 6) is 0.584. The molecule has 2 aliphatic heterocycles. The van der Waals surface area contributed by atoms with Crippen LogP contribution in [0.4, 0.5) is 11.4 Å². The molecule has 3 aliphatic rings. The molecular weight excluding hydrogens is 270 g/mol. The van der Waals surface area contributed by atoms with E-state index in [1.165, 1.54) is 28.9 Å². The highest BCUT2D eigenvalue weighted by atomic mass is 15.1. The lowest BCUT2D eigenvalue weighted by Crippen LogP contribution is -2.30. The van der Waals surface area contributed by atoms with E-state index < -0.39 is 0 Å². The highest BCUT2D eigenvalue weighted by Gasteiger charge is 2.25. The summed E-state index contributed by atoms with van der Waals surface area (Å²) in [5.41, 5.74) is 12.5. The average molecular weight is 293 g/mol. The predicted molar refractivity (Wildman–Crippen MR) is 92.6 cm³/mol. The van der Waals surface area contributed by atoms with Crippen molar-refractivity contribution in [2.24, 2.45) is 5.92 Å². The van der Waals surface area contributed by atoms with Gasteiger partial charge in [-0.1, -0.05) is 12.2 Å². The molecule has 0 saturated carbocycles. The molecule has 22 heavy (non-hydrogen) atoms. The molecule has 3 nitrogen and oxygen atoms in total. The fraction of sp³-hybridized carbons (Fsp3) is 0.368. The van der Waals surface area contributed by atoms with Gasteiger partial charge >= 0.3 is 0 Å². The minimum Gasteiger partial charge on any atom is -0.399 e. The Balaban J connectivity index is 1.45. The summed E-state index contributed by atoms with van der Waals surface area (Å²) in [4.78, 5) is 2.53. The van der Waals surface area contributed by atoms with E-state index in [2.05, 4.69) is 46.8 Å². The molecule has 3 N–H and O–H groups in total. The number of nitrogen functional groups attached to an aromatic ring is 1. The zero-order chi connectivity index (χ0) is 14.9. The first-order valence-corrected chi connectivity index (χ1v) is 8.27. The van der Waals surface area contributed by atoms with Crippen LogP contribution in [-0.4, -0.2) is 13.1 Å². The minimum atomic E-state index is 0.584. The van der Waals surface area contributed by atoms with Gasteiger partial charge in [0.1, 0.15) is 0 Å². The lowest BCUT2D eigenvalue weighted by Gasteiger charge is -2.32. The van der Waals surface area contributed by atoms with E-state index in [0.717, 1.165) is 38.0 Å². The third kappa shape index (κ3) is 2.41. The molecule has 4 rings (SSSR count). The first-order valence-electron chi connectivity index (χ1n) is 8.27. The maximum Gasteiger partial charge on any atom is 0.0400 e. The van der Waals surface area contributed by atoms with E-state index in [-0.39, 0.29) is 0 Å². The number of nitrogens with two attached hydrogens (primary N) is 1. The summed E-state index contributed by atoms with van der Waals surface area (Å²) in [6.07, 6.45) is 13.5. The maximum atomic E-state index is 5.93. The van der Waals surface area contributed by atoms with Crippen LogP contribution in [-0.2, 0) is 6.42 Å². The van der Waals surface area contributed by atoms with Crippen molar-refractivity contribution in [3.05, 3.63) is 59.5 Å². The zero-order valence-electron chi connectivity index (χ0n) is 12.9. The molecule has 1 unspecified atom stereocenters. The topological polar surface area (TPSA) is 41.3 Å². The third-order valence-corrected chi connectivity index (χ3v) is 5.02. The molecule has 0 saturated heterocycles. The Kier molecular flexibility index (Phi) is 3.41. The molecule has 114 valence electrons. The number of benzene rings is 1. The maximum absolute atomic E-state index is 5.93. The van der Waals surface area contributed by atoms with Crippen LogP contribution < -0.4 is 16.0 Å². The number of hydrogen-bond donors (Lipinski definition) is 2. The number of aryl methyl sites for hydroxylation is 1. The Morgan fingerprint density at radius 1 is 1.32 bits per heavy atom. The SMILES string of the molecule is Nc1ccc2c(c1)CCCN2CCC1=CNC2=CC=CCC12. The second-order valence-electron chi connectivity index (χ2n) is 6.43. The predicted octanol–water partition coefficient (Wildman–Crippen LogP) is 3.36. The first-order chi connectivity index (χ1) is 10.8. The number of nitrogens with one attached hydrogen (secondary N) is 1. The second kappa shape index (κ2) is 5.56. The van der Waals surface area contributed by atoms with Crippen LogP contribution in [0.1, 0.15) is 24.8 Å². The van der Waals surface area contributed by atoms with Crippen molar-refractivity contribution in [1.82, 2.24) is 5.32 Å². The van der Waals surface area contributed by atoms with Gasteiger partial charge in [0.25, 0.3) is 0 Å². The molecule has 0 aromatic heterocycles. The summed E-state index contributed by atoms with van der Waals surface area (Å²) in [6, 6.07) is 6.37. The molecule has 1 aromatic carbocycles. The van der Waals surface area contributed by atoms with Gasteiger partial charge < -0.3 is 16.0 Å². The van der Waals surface area contributed by atoms with Crippen LogP contribution in [0.2, 0.25) is 0 Å². The number of nitrogens with zero attached hydrogens (tertiary/aromatic N) is 1. The average Bonchev–Trinajstić information content (AvgIpc) is 2.96. The molecule has 0 radical (unpaired) electrons. The van der Waals surface area contributed by atoms with Gasteiger partial charge in [0.2, 0.25) is 0 Å². The van der Waals surface area contributed by atoms with E-state index in [4.69, 9.17) is 5.73 Å². The standard InChI is InChI=1S/C19H23N3/c20-16-7-8-19-14(12-16)4-3-10-22(19)11-9-15-13-21-18-6-2-1-5-17(15)18/h1-2,6-8,12-13,17,21H,3-5,9-11,20H2. The summed E-state index contributed by atoms with van der Waals surface area (Å²) in [7, 11) is 0. The van der Waals surface area contributed by atoms with Crippen LogP contribution in [0.25, 0.3) is 0 Å². The molecule has 1 aliphatic carbocycles. The van der Waals surface area contributed by atoms with Crippen LogP contribution in [0.3, 0.4) is 0 Å². The van der Waals surface area contributed by atoms with Crippen molar-refractivity contribution in [1.29, 1.82) is 0 Å². The van der Waals surface area contributed by atoms with Crippen LogP contribution >= 0.6 is 0 Å². The monoisotopic (exact) mass is 293 g/mol. The Labute approximate surface area is 132 Å². The van der Waals surface area contributed by atoms with Gasteiger partial charge in [-0.25, -0.2) is 0 Å². The van der Waals surface area contributed by atoms with Crippen LogP contribution in [0.15, 0.2) is 53.9 Å². The second-order valence-corrected chi connectivity index (χ2v) is 6.43. The minimum absolute atomic E-state index is 0.584. The summed E-state index contributed by atoms with van der Waals surface area (Å²) < 4.78 is 0. The molecule has 0 amide bonds. The van der Waals surface area contributed by atoms with Crippen molar-refractivity contribution < 1.29 is 0 Å². The quantitative estimate of drug-likeness (QED) is 0.840. The van der Waals surface area contributed by atoms with E-state index in [0.29, 0.717) is 5.92 Å². The number of fused-ring (bicyclic) bond motifs is 2. The number of allylic oxidation sites excluding steroid dienone is 4. The Morgan fingerprint density at radius 3 is 3.23 bits per heavy atom. The van der Waals surface area contributed by atoms with Gasteiger partial charge in [0, 0.05) is 42.3 Å². The molecule has 0 bridgehead atoms. The van der Waals surface area contributed by atoms with E-state index in [1.54, 1.807) is 0 Å². The number of hydrogen-bond acceptors (Lipinski definition) is 3. The largest absolute Gasteiger partial charge is 0.399 e. The molecule has 0 fully saturated rings. The summed E-state index contributed by atoms with van der Waals surface area (Å²) in [5, 5.41) is 3.44. The van der Waals surface area contributed by atoms with Gasteiger partial charge in [0.05, 0.1) is 0 Å². The van der Waals surface area contributed by atoms with Gasteiger partial charge in [-0.05, 0) is 61.1 Å². The highest BCUT2D eigenvalue weighted by Crippen LogP contribution is 2.34. The van der Waals surface area contributed by atoms with Gasteiger partial charge in [0.15, 0.2) is 0 Å². The smallest absolute Gasteiger partial charge is 0.0400 e. The Hall–Kier alpha value is -2.16. The van der Waals surface area contributed by atoms with Crippen molar-refractivity contribution in [3.8, 4) is 0 Å². The Bertz CT molecular complexity index is 669. The number of rotatable bonds is 3. The van der Waals surface area contributed by atoms with E-state index >= 15 is 0 Å². The summed E-state index contributed by atoms with van der Waals surface area (Å²) >= 11 is 0. The van der Waals surface area contributed by atoms with Gasteiger partial charge in [-0.15, -0.1) is 0 Å². The lowest BCUT2D eigenvalue weighted by molar-refractivity contribution is 0.647. The molecule has 1 aromatic rings. The fourth-order valence-electron chi connectivity index (χ4n) is 3.84. The van der Waals surface area contributed by atoms with Crippen molar-refractivity contribution in [2.75, 3.05) is 23.7 Å². The van der Waals surface area contributed by atoms with Gasteiger partial charge in [-0.3, -0.25) is 0 Å². The highest BCUT2D eigenvalue weighted by molar-refractivity contribution is 5.61. The molecular formula is C19H23N3. The summed E-state index contributed by atoms with van der Waals surface area (Å²) in [6.45, 7) is 2.25. The van der Waals surface area contributed by atoms with E-state index in [1.807, 2.05) is 6.07 Å². The lowest BCUT2D eigenvalue weighted by atomic mass is 9.90.